The topological polar surface area (TPSA) is 106 Å². The van der Waals surface area contributed by atoms with Gasteiger partial charge in [-0.3, -0.25) is 0 Å². The molecule has 0 unspecified atom stereocenters. The number of aromatic amines is 1. The van der Waals surface area contributed by atoms with Gasteiger partial charge in [-0.15, -0.1) is 0 Å². The molecule has 164 valence electrons. The van der Waals surface area contributed by atoms with E-state index in [-0.39, 0.29) is 0 Å². The molecule has 9 nitrogen and oxygen atoms in total. The lowest BCUT2D eigenvalue weighted by atomic mass is 10.1. The Labute approximate surface area is 188 Å². The minimum Gasteiger partial charge on any atom is -0.480 e. The number of hydrogen-bond acceptors (Lipinski definition) is 7. The third kappa shape index (κ3) is 4.48. The van der Waals surface area contributed by atoms with Crippen molar-refractivity contribution in [2.45, 2.75) is 51.7 Å². The van der Waals surface area contributed by atoms with Crippen LogP contribution in [-0.2, 0) is 11.3 Å². The Morgan fingerprint density at radius 2 is 2.03 bits per heavy atom. The molecule has 0 bridgehead atoms. The molecule has 4 rings (SSSR count). The first-order chi connectivity index (χ1) is 14.7. The summed E-state index contributed by atoms with van der Waals surface area (Å²) in [6.45, 7) is 5.84. The maximum atomic E-state index is 12.3. The van der Waals surface area contributed by atoms with Gasteiger partial charge in [0.2, 0.25) is 5.88 Å². The van der Waals surface area contributed by atoms with Gasteiger partial charge in [-0.1, -0.05) is 0 Å². The number of ether oxygens (including phenoxy) is 2. The number of hydrogen-bond donors (Lipinski definition) is 1. The van der Waals surface area contributed by atoms with E-state index in [4.69, 9.17) is 14.5 Å². The Morgan fingerprint density at radius 3 is 2.68 bits per heavy atom. The summed E-state index contributed by atoms with van der Waals surface area (Å²) in [5.74, 6) is 1.37. The van der Waals surface area contributed by atoms with Crippen LogP contribution in [-0.4, -0.2) is 55.7 Å². The van der Waals surface area contributed by atoms with Crippen LogP contribution in [0.1, 0.15) is 50.9 Å². The summed E-state index contributed by atoms with van der Waals surface area (Å²) in [5.41, 5.74) is 3.36. The van der Waals surface area contributed by atoms with E-state index in [9.17, 15) is 4.79 Å². The number of fused-ring (bicyclic) bond motifs is 1. The number of amides is 1. The first-order valence-corrected chi connectivity index (χ1v) is 10.8. The van der Waals surface area contributed by atoms with E-state index in [1.807, 2.05) is 20.8 Å². The Balaban J connectivity index is 1.68. The van der Waals surface area contributed by atoms with Gasteiger partial charge >= 0.3 is 6.09 Å². The molecule has 1 aliphatic rings. The number of H-pyrrole nitrogens is 1. The summed E-state index contributed by atoms with van der Waals surface area (Å²) >= 11 is 3.63. The Hall–Kier alpha value is -2.75. The predicted octanol–water partition coefficient (Wildman–Crippen LogP) is 4.43. The van der Waals surface area contributed by atoms with Crippen molar-refractivity contribution in [2.24, 2.45) is 0 Å². The standard InChI is InChI=1S/C21H25BrN6O3/c1-21(2,3)31-20(29)28(4)9-13-15(22)17-12(26-13)8-23-18(27-17)14-16(11-6-7-11)24-10-25-19(14)30-5/h8,10-11,26H,6-7,9H2,1-5H3. The van der Waals surface area contributed by atoms with Crippen molar-refractivity contribution in [3.05, 3.63) is 28.4 Å². The van der Waals surface area contributed by atoms with E-state index in [0.29, 0.717) is 29.7 Å². The zero-order chi connectivity index (χ0) is 22.3. The van der Waals surface area contributed by atoms with Gasteiger partial charge in [0.05, 0.1) is 41.2 Å². The minimum atomic E-state index is -0.556. The Bertz CT molecular complexity index is 1140. The number of nitrogens with one attached hydrogen (secondary N) is 1. The van der Waals surface area contributed by atoms with Crippen molar-refractivity contribution in [1.29, 1.82) is 0 Å². The number of carbonyl (C=O) groups excluding carboxylic acids is 1. The fourth-order valence-electron chi connectivity index (χ4n) is 3.29. The van der Waals surface area contributed by atoms with E-state index >= 15 is 0 Å². The third-order valence-electron chi connectivity index (χ3n) is 4.87. The number of methoxy groups -OCH3 is 1. The number of aromatic nitrogens is 5. The summed E-state index contributed by atoms with van der Waals surface area (Å²) in [6, 6.07) is 0. The highest BCUT2D eigenvalue weighted by atomic mass is 79.9. The fourth-order valence-corrected chi connectivity index (χ4v) is 3.81. The molecule has 0 aromatic carbocycles. The number of nitrogens with zero attached hydrogens (tertiary/aromatic N) is 5. The van der Waals surface area contributed by atoms with Crippen LogP contribution in [0.25, 0.3) is 22.4 Å². The van der Waals surface area contributed by atoms with Crippen LogP contribution >= 0.6 is 15.9 Å². The van der Waals surface area contributed by atoms with E-state index in [0.717, 1.165) is 39.8 Å². The summed E-state index contributed by atoms with van der Waals surface area (Å²) in [5, 5.41) is 0. The minimum absolute atomic E-state index is 0.326. The molecule has 31 heavy (non-hydrogen) atoms. The molecule has 1 saturated carbocycles. The zero-order valence-corrected chi connectivity index (χ0v) is 19.8. The normalized spacial score (nSPS) is 14.0. The van der Waals surface area contributed by atoms with Gasteiger partial charge in [0.1, 0.15) is 23.0 Å². The number of carbonyl (C=O) groups is 1. The second-order valence-electron chi connectivity index (χ2n) is 8.63. The first-order valence-electron chi connectivity index (χ1n) is 10.0. The second kappa shape index (κ2) is 8.07. The van der Waals surface area contributed by atoms with Crippen molar-refractivity contribution >= 4 is 33.1 Å². The van der Waals surface area contributed by atoms with E-state index < -0.39 is 11.7 Å². The van der Waals surface area contributed by atoms with Crippen molar-refractivity contribution in [3.8, 4) is 17.3 Å². The van der Waals surface area contributed by atoms with Crippen molar-refractivity contribution in [2.75, 3.05) is 14.2 Å². The molecule has 0 aliphatic heterocycles. The molecule has 0 atom stereocenters. The molecular formula is C21H25BrN6O3. The van der Waals surface area contributed by atoms with Crippen LogP contribution < -0.4 is 4.74 Å². The average molecular weight is 489 g/mol. The number of rotatable bonds is 5. The third-order valence-corrected chi connectivity index (χ3v) is 5.72. The molecular weight excluding hydrogens is 464 g/mol. The number of halogens is 1. The van der Waals surface area contributed by atoms with Gasteiger partial charge in [0, 0.05) is 13.0 Å². The molecule has 1 N–H and O–H groups in total. The Kier molecular flexibility index (Phi) is 5.59. The molecule has 10 heteroatoms. The maximum Gasteiger partial charge on any atom is 0.410 e. The largest absolute Gasteiger partial charge is 0.480 e. The highest BCUT2D eigenvalue weighted by Crippen LogP contribution is 2.45. The van der Waals surface area contributed by atoms with Gasteiger partial charge in [-0.2, -0.15) is 0 Å². The zero-order valence-electron chi connectivity index (χ0n) is 18.2. The fraction of sp³-hybridized carbons (Fsp3) is 0.476. The quantitative estimate of drug-likeness (QED) is 0.565. The first kappa shape index (κ1) is 21.5. The molecule has 1 aliphatic carbocycles. The van der Waals surface area contributed by atoms with E-state index in [2.05, 4.69) is 35.9 Å². The van der Waals surface area contributed by atoms with Crippen molar-refractivity contribution in [1.82, 2.24) is 29.8 Å². The highest BCUT2D eigenvalue weighted by Gasteiger charge is 2.31. The van der Waals surface area contributed by atoms with Gasteiger partial charge in [0.15, 0.2) is 5.82 Å². The SMILES string of the molecule is COc1ncnc(C2CC2)c1-c1ncc2[nH]c(CN(C)C(=O)OC(C)(C)C)c(Br)c2n1. The second-order valence-corrected chi connectivity index (χ2v) is 9.42. The molecule has 0 saturated heterocycles. The summed E-state index contributed by atoms with van der Waals surface area (Å²) < 4.78 is 11.7. The van der Waals surface area contributed by atoms with E-state index in [1.165, 1.54) is 11.2 Å². The summed E-state index contributed by atoms with van der Waals surface area (Å²) in [7, 11) is 3.27. The molecule has 0 radical (unpaired) electrons. The summed E-state index contributed by atoms with van der Waals surface area (Å²) in [6.07, 6.45) is 5.02. The van der Waals surface area contributed by atoms with Crippen LogP contribution in [0, 0.1) is 0 Å². The van der Waals surface area contributed by atoms with Gasteiger partial charge in [-0.05, 0) is 49.5 Å². The lowest BCUT2D eigenvalue weighted by Gasteiger charge is -2.24. The molecule has 3 aromatic rings. The van der Waals surface area contributed by atoms with Gasteiger partial charge < -0.3 is 19.4 Å². The molecule has 3 heterocycles. The average Bonchev–Trinajstić information content (AvgIpc) is 3.52. The lowest BCUT2D eigenvalue weighted by molar-refractivity contribution is 0.0283. The Morgan fingerprint density at radius 1 is 1.29 bits per heavy atom. The lowest BCUT2D eigenvalue weighted by Crippen LogP contribution is -2.33. The van der Waals surface area contributed by atoms with Crippen LogP contribution in [0.15, 0.2) is 17.0 Å². The van der Waals surface area contributed by atoms with Gasteiger partial charge in [-0.25, -0.2) is 24.7 Å². The molecule has 3 aromatic heterocycles. The molecule has 0 spiro atoms. The highest BCUT2D eigenvalue weighted by molar-refractivity contribution is 9.10. The smallest absolute Gasteiger partial charge is 0.410 e. The molecule has 1 fully saturated rings. The van der Waals surface area contributed by atoms with Crippen LogP contribution in [0.3, 0.4) is 0 Å². The molecule has 1 amide bonds. The summed E-state index contributed by atoms with van der Waals surface area (Å²) in [4.78, 5) is 35.2. The van der Waals surface area contributed by atoms with Crippen LogP contribution in [0.2, 0.25) is 0 Å². The van der Waals surface area contributed by atoms with Crippen LogP contribution in [0.4, 0.5) is 4.79 Å². The van der Waals surface area contributed by atoms with Crippen molar-refractivity contribution < 1.29 is 14.3 Å². The van der Waals surface area contributed by atoms with E-state index in [1.54, 1.807) is 20.4 Å². The maximum absolute atomic E-state index is 12.3. The van der Waals surface area contributed by atoms with Gasteiger partial charge in [0.25, 0.3) is 0 Å². The monoisotopic (exact) mass is 488 g/mol. The predicted molar refractivity (Wildman–Crippen MR) is 119 cm³/mol. The van der Waals surface area contributed by atoms with Crippen LogP contribution in [0.5, 0.6) is 5.88 Å². The van der Waals surface area contributed by atoms with Crippen molar-refractivity contribution in [3.63, 3.8) is 0 Å².